The van der Waals surface area contributed by atoms with Crippen LogP contribution in [-0.4, -0.2) is 23.9 Å². The summed E-state index contributed by atoms with van der Waals surface area (Å²) < 4.78 is 10.7. The van der Waals surface area contributed by atoms with Gasteiger partial charge < -0.3 is 14.3 Å². The van der Waals surface area contributed by atoms with E-state index in [0.29, 0.717) is 27.8 Å². The molecular weight excluding hydrogens is 441 g/mol. The van der Waals surface area contributed by atoms with E-state index >= 15 is 0 Å². The molecule has 1 atom stereocenters. The van der Waals surface area contributed by atoms with E-state index in [4.69, 9.17) is 32.4 Å². The normalized spacial score (nSPS) is 17.9. The second-order valence-electron chi connectivity index (χ2n) is 6.96. The quantitative estimate of drug-likeness (QED) is 0.316. The van der Waals surface area contributed by atoms with E-state index in [1.54, 1.807) is 43.3 Å². The summed E-state index contributed by atoms with van der Waals surface area (Å²) in [6, 6.07) is 11.9. The number of carbonyl (C=O) groups is 2. The van der Waals surface area contributed by atoms with E-state index < -0.39 is 23.5 Å². The second kappa shape index (κ2) is 8.13. The molecule has 0 saturated carbocycles. The Bertz CT molecular complexity index is 1220. The lowest BCUT2D eigenvalue weighted by atomic mass is 9.98. The van der Waals surface area contributed by atoms with Crippen LogP contribution in [0.4, 0.5) is 5.69 Å². The molecule has 6 nitrogen and oxygen atoms in total. The molecule has 1 unspecified atom stereocenters. The monoisotopic (exact) mass is 457 g/mol. The number of hydrogen-bond acceptors (Lipinski definition) is 5. The van der Waals surface area contributed by atoms with Gasteiger partial charge in [0.15, 0.2) is 0 Å². The summed E-state index contributed by atoms with van der Waals surface area (Å²) in [5.74, 6) is -1.32. The number of rotatable bonds is 4. The molecule has 1 saturated heterocycles. The van der Waals surface area contributed by atoms with Gasteiger partial charge in [0.2, 0.25) is 0 Å². The van der Waals surface area contributed by atoms with Crippen LogP contribution in [0.3, 0.4) is 0 Å². The molecule has 0 aliphatic carbocycles. The van der Waals surface area contributed by atoms with Crippen LogP contribution in [0.2, 0.25) is 10.0 Å². The highest BCUT2D eigenvalue weighted by Gasteiger charge is 2.48. The van der Waals surface area contributed by atoms with Crippen molar-refractivity contribution in [3.05, 3.63) is 87.3 Å². The molecule has 0 bridgehead atoms. The summed E-state index contributed by atoms with van der Waals surface area (Å²) in [6.07, 6.45) is 1.43. The van der Waals surface area contributed by atoms with Gasteiger partial charge in [-0.1, -0.05) is 23.2 Å². The van der Waals surface area contributed by atoms with Gasteiger partial charge in [-0.15, -0.1) is 0 Å². The topological polar surface area (TPSA) is 80.0 Å². The van der Waals surface area contributed by atoms with Crippen molar-refractivity contribution in [3.8, 4) is 5.75 Å². The van der Waals surface area contributed by atoms with Gasteiger partial charge in [0.05, 0.1) is 24.0 Å². The van der Waals surface area contributed by atoms with Gasteiger partial charge in [-0.2, -0.15) is 0 Å². The van der Waals surface area contributed by atoms with Crippen molar-refractivity contribution >= 4 is 46.3 Å². The van der Waals surface area contributed by atoms with Crippen molar-refractivity contribution in [1.29, 1.82) is 0 Å². The number of methoxy groups -OCH3 is 1. The predicted octanol–water partition coefficient (Wildman–Crippen LogP) is 5.53. The number of carbonyl (C=O) groups excluding carboxylic acids is 2. The smallest absolute Gasteiger partial charge is 0.300 e. The van der Waals surface area contributed by atoms with E-state index in [9.17, 15) is 14.7 Å². The van der Waals surface area contributed by atoms with Gasteiger partial charge >= 0.3 is 0 Å². The Morgan fingerprint density at radius 2 is 1.90 bits per heavy atom. The van der Waals surface area contributed by atoms with Gasteiger partial charge in [-0.3, -0.25) is 14.5 Å². The van der Waals surface area contributed by atoms with Gasteiger partial charge in [0.1, 0.15) is 23.3 Å². The van der Waals surface area contributed by atoms with Crippen LogP contribution in [0.5, 0.6) is 5.75 Å². The first-order valence-corrected chi connectivity index (χ1v) is 10.0. The molecule has 1 N–H and O–H groups in total. The number of Topliss-reactive ketones (excluding diaryl/α,β-unsaturated/α-hetero) is 1. The molecule has 0 radical (unpaired) electrons. The fourth-order valence-electron chi connectivity index (χ4n) is 3.64. The van der Waals surface area contributed by atoms with Crippen molar-refractivity contribution in [1.82, 2.24) is 0 Å². The van der Waals surface area contributed by atoms with Crippen LogP contribution in [0, 0.1) is 6.92 Å². The summed E-state index contributed by atoms with van der Waals surface area (Å²) in [5, 5.41) is 11.8. The maximum Gasteiger partial charge on any atom is 0.300 e. The highest BCUT2D eigenvalue weighted by molar-refractivity contribution is 6.52. The first-order chi connectivity index (χ1) is 14.8. The van der Waals surface area contributed by atoms with Gasteiger partial charge in [0.25, 0.3) is 11.7 Å². The minimum Gasteiger partial charge on any atom is -0.507 e. The molecule has 1 aliphatic rings. The van der Waals surface area contributed by atoms with Crippen molar-refractivity contribution in [2.24, 2.45) is 0 Å². The third-order valence-corrected chi connectivity index (χ3v) is 5.67. The Hall–Kier alpha value is -3.22. The molecule has 1 amide bonds. The Morgan fingerprint density at radius 3 is 2.55 bits per heavy atom. The number of ketones is 1. The number of amides is 1. The Morgan fingerprint density at radius 1 is 1.13 bits per heavy atom. The van der Waals surface area contributed by atoms with Crippen LogP contribution in [0.15, 0.2) is 64.8 Å². The number of benzene rings is 2. The fourth-order valence-corrected chi connectivity index (χ4v) is 4.08. The number of furan rings is 1. The largest absolute Gasteiger partial charge is 0.507 e. The average molecular weight is 458 g/mol. The number of anilines is 1. The van der Waals surface area contributed by atoms with E-state index in [0.717, 1.165) is 0 Å². The highest BCUT2D eigenvalue weighted by atomic mass is 35.5. The van der Waals surface area contributed by atoms with Crippen LogP contribution >= 0.6 is 23.2 Å². The molecule has 2 heterocycles. The lowest BCUT2D eigenvalue weighted by molar-refractivity contribution is -0.132. The third-order valence-electron chi connectivity index (χ3n) is 5.10. The van der Waals surface area contributed by atoms with Crippen LogP contribution in [0.1, 0.15) is 22.9 Å². The number of aryl methyl sites for hydroxylation is 1. The lowest BCUT2D eigenvalue weighted by Gasteiger charge is -2.25. The summed E-state index contributed by atoms with van der Waals surface area (Å²) >= 11 is 12.3. The average Bonchev–Trinajstić information content (AvgIpc) is 3.36. The van der Waals surface area contributed by atoms with Crippen LogP contribution < -0.4 is 9.64 Å². The zero-order chi connectivity index (χ0) is 22.3. The van der Waals surface area contributed by atoms with Crippen molar-refractivity contribution in [2.75, 3.05) is 12.0 Å². The number of aliphatic hydroxyl groups excluding tert-OH is 1. The van der Waals surface area contributed by atoms with E-state index in [1.165, 1.54) is 30.4 Å². The van der Waals surface area contributed by atoms with Crippen molar-refractivity contribution in [2.45, 2.75) is 13.0 Å². The minimum atomic E-state index is -0.989. The van der Waals surface area contributed by atoms with E-state index in [2.05, 4.69) is 0 Å². The highest BCUT2D eigenvalue weighted by Crippen LogP contribution is 2.44. The van der Waals surface area contributed by atoms with Crippen LogP contribution in [-0.2, 0) is 9.59 Å². The first-order valence-electron chi connectivity index (χ1n) is 9.28. The molecule has 31 heavy (non-hydrogen) atoms. The molecule has 158 valence electrons. The molecule has 3 aromatic rings. The summed E-state index contributed by atoms with van der Waals surface area (Å²) in [4.78, 5) is 27.5. The van der Waals surface area contributed by atoms with Crippen molar-refractivity contribution in [3.63, 3.8) is 0 Å². The number of aliphatic hydroxyl groups is 1. The maximum atomic E-state index is 13.1. The number of ether oxygens (including phenoxy) is 1. The molecular formula is C23H17Cl2NO5. The van der Waals surface area contributed by atoms with E-state index in [1.807, 2.05) is 0 Å². The molecule has 1 aliphatic heterocycles. The molecule has 2 aromatic carbocycles. The Labute approximate surface area is 188 Å². The van der Waals surface area contributed by atoms with Gasteiger partial charge in [0, 0.05) is 16.3 Å². The molecule has 1 aromatic heterocycles. The fraction of sp³-hybridized carbons (Fsp3) is 0.130. The zero-order valence-corrected chi connectivity index (χ0v) is 18.1. The Kier molecular flexibility index (Phi) is 5.52. The third kappa shape index (κ3) is 3.58. The molecule has 8 heteroatoms. The number of nitrogens with zero attached hydrogens (tertiary/aromatic N) is 1. The summed E-state index contributed by atoms with van der Waals surface area (Å²) in [7, 11) is 1.47. The maximum absolute atomic E-state index is 13.1. The SMILES string of the molecule is COc1ccc(Cl)c(/C(O)=C2/C(=O)C(=O)N(c3ccc(Cl)cc3C)C2c2ccco2)c1. The van der Waals surface area contributed by atoms with Gasteiger partial charge in [-0.25, -0.2) is 0 Å². The second-order valence-corrected chi connectivity index (χ2v) is 7.80. The van der Waals surface area contributed by atoms with E-state index in [-0.39, 0.29) is 16.2 Å². The standard InChI is InChI=1S/C23H17Cl2NO5/c1-12-10-13(24)5-8-17(12)26-20(18-4-3-9-31-18)19(22(28)23(26)29)21(27)15-11-14(30-2)6-7-16(15)25/h3-11,20,27H,1-2H3/b21-19-. The summed E-state index contributed by atoms with van der Waals surface area (Å²) in [5.41, 5.74) is 1.20. The predicted molar refractivity (Wildman–Crippen MR) is 118 cm³/mol. The summed E-state index contributed by atoms with van der Waals surface area (Å²) in [6.45, 7) is 1.78. The number of halogens is 2. The van der Waals surface area contributed by atoms with Crippen LogP contribution in [0.25, 0.3) is 5.76 Å². The molecule has 1 fully saturated rings. The Balaban J connectivity index is 1.97. The minimum absolute atomic E-state index is 0.135. The zero-order valence-electron chi connectivity index (χ0n) is 16.6. The van der Waals surface area contributed by atoms with Gasteiger partial charge in [-0.05, 0) is 61.0 Å². The van der Waals surface area contributed by atoms with Crippen molar-refractivity contribution < 1.29 is 23.8 Å². The lowest BCUT2D eigenvalue weighted by Crippen LogP contribution is -2.29. The molecule has 4 rings (SSSR count). The first kappa shape index (κ1) is 21.0. The molecule has 0 spiro atoms. The number of hydrogen-bond donors (Lipinski definition) is 1.